The van der Waals surface area contributed by atoms with Crippen LogP contribution in [0.25, 0.3) is 0 Å². The number of nitrogens with zero attached hydrogens (tertiary/aromatic N) is 2. The van der Waals surface area contributed by atoms with Gasteiger partial charge in [0.05, 0.1) is 25.3 Å². The molecule has 1 amide bonds. The summed E-state index contributed by atoms with van der Waals surface area (Å²) in [5, 5.41) is 3.54. The first-order valence-electron chi connectivity index (χ1n) is 8.70. The van der Waals surface area contributed by atoms with Crippen molar-refractivity contribution in [3.05, 3.63) is 23.7 Å². The lowest BCUT2D eigenvalue weighted by Crippen LogP contribution is -2.41. The Hall–Kier alpha value is -1.37. The Balaban J connectivity index is 1.37. The highest BCUT2D eigenvalue weighted by atomic mass is 16.5. The number of ether oxygens (including phenoxy) is 1. The van der Waals surface area contributed by atoms with Crippen LogP contribution in [0.15, 0.2) is 16.7 Å². The molecule has 1 aromatic rings. The summed E-state index contributed by atoms with van der Waals surface area (Å²) in [6.07, 6.45) is 4.07. The van der Waals surface area contributed by atoms with Crippen molar-refractivity contribution in [2.24, 2.45) is 5.92 Å². The zero-order valence-electron chi connectivity index (χ0n) is 13.5. The summed E-state index contributed by atoms with van der Waals surface area (Å²) in [5.41, 5.74) is 0.687. The molecule has 126 valence electrons. The van der Waals surface area contributed by atoms with Gasteiger partial charge in [-0.2, -0.15) is 0 Å². The molecule has 3 aliphatic rings. The molecule has 0 radical (unpaired) electrons. The number of hydrogen-bond acceptors (Lipinski definition) is 5. The minimum Gasteiger partial charge on any atom is -0.467 e. The highest BCUT2D eigenvalue weighted by molar-refractivity contribution is 5.94. The minimum atomic E-state index is 0.109. The second-order valence-corrected chi connectivity index (χ2v) is 6.86. The molecule has 0 spiro atoms. The van der Waals surface area contributed by atoms with E-state index in [0.29, 0.717) is 17.5 Å². The third-order valence-electron chi connectivity index (χ3n) is 5.27. The number of nitrogens with one attached hydrogen (secondary N) is 1. The lowest BCUT2D eigenvalue weighted by atomic mass is 9.94. The molecule has 1 N–H and O–H groups in total. The number of amides is 1. The molecule has 3 saturated heterocycles. The van der Waals surface area contributed by atoms with Gasteiger partial charge in [-0.15, -0.1) is 0 Å². The lowest BCUT2D eigenvalue weighted by molar-refractivity contribution is 0.0313. The first-order chi connectivity index (χ1) is 11.3. The van der Waals surface area contributed by atoms with Crippen LogP contribution in [0.4, 0.5) is 0 Å². The van der Waals surface area contributed by atoms with Crippen molar-refractivity contribution in [2.45, 2.75) is 25.4 Å². The van der Waals surface area contributed by atoms with E-state index in [1.165, 1.54) is 12.8 Å². The second kappa shape index (κ2) is 6.63. The number of carbonyl (C=O) groups is 1. The molecule has 4 rings (SSSR count). The van der Waals surface area contributed by atoms with Gasteiger partial charge >= 0.3 is 0 Å². The van der Waals surface area contributed by atoms with Crippen LogP contribution >= 0.6 is 0 Å². The molecule has 2 atom stereocenters. The molecule has 0 unspecified atom stereocenters. The van der Waals surface area contributed by atoms with Gasteiger partial charge in [-0.25, -0.2) is 0 Å². The number of fused-ring (bicyclic) bond motifs is 1. The molecule has 0 aliphatic carbocycles. The van der Waals surface area contributed by atoms with Gasteiger partial charge in [-0.05, 0) is 31.4 Å². The maximum atomic E-state index is 12.7. The predicted octanol–water partition coefficient (Wildman–Crippen LogP) is 0.936. The van der Waals surface area contributed by atoms with Crippen LogP contribution in [-0.4, -0.2) is 67.7 Å². The Kier molecular flexibility index (Phi) is 4.37. The zero-order chi connectivity index (χ0) is 15.6. The Morgan fingerprint density at radius 1 is 1.30 bits per heavy atom. The predicted molar refractivity (Wildman–Crippen MR) is 85.2 cm³/mol. The van der Waals surface area contributed by atoms with Crippen molar-refractivity contribution in [3.8, 4) is 0 Å². The molecule has 0 saturated carbocycles. The number of hydrogen-bond donors (Lipinski definition) is 1. The van der Waals surface area contributed by atoms with Gasteiger partial charge in [0.1, 0.15) is 12.0 Å². The summed E-state index contributed by atoms with van der Waals surface area (Å²) in [4.78, 5) is 17.0. The minimum absolute atomic E-state index is 0.109. The molecular weight excluding hydrogens is 294 g/mol. The van der Waals surface area contributed by atoms with Crippen molar-refractivity contribution in [2.75, 3.05) is 45.9 Å². The normalized spacial score (nSPS) is 28.8. The number of piperidine rings is 1. The van der Waals surface area contributed by atoms with Crippen LogP contribution in [0, 0.1) is 5.92 Å². The third-order valence-corrected chi connectivity index (χ3v) is 5.27. The molecule has 6 heteroatoms. The molecule has 3 fully saturated rings. The maximum absolute atomic E-state index is 12.7. The molecule has 4 heterocycles. The topological polar surface area (TPSA) is 58.0 Å². The molecule has 0 bridgehead atoms. The standard InChI is InChI=1S/C17H25N3O3/c21-17(20-9-13-2-1-3-18-16(13)11-20)14-8-15(23-12-14)10-19-4-6-22-7-5-19/h8,12-13,16,18H,1-7,9-11H2/t13-,16+/m1/s1. The largest absolute Gasteiger partial charge is 0.467 e. The van der Waals surface area contributed by atoms with E-state index in [1.54, 1.807) is 6.26 Å². The molecule has 1 aromatic heterocycles. The van der Waals surface area contributed by atoms with Crippen molar-refractivity contribution >= 4 is 5.91 Å². The Labute approximate surface area is 136 Å². The molecule has 6 nitrogen and oxygen atoms in total. The fourth-order valence-corrected chi connectivity index (χ4v) is 3.95. The van der Waals surface area contributed by atoms with Crippen LogP contribution in [0.5, 0.6) is 0 Å². The first-order valence-corrected chi connectivity index (χ1v) is 8.70. The van der Waals surface area contributed by atoms with Gasteiger partial charge in [0, 0.05) is 32.2 Å². The zero-order valence-corrected chi connectivity index (χ0v) is 13.5. The average molecular weight is 319 g/mol. The van der Waals surface area contributed by atoms with Crippen molar-refractivity contribution < 1.29 is 13.9 Å². The summed E-state index contributed by atoms with van der Waals surface area (Å²) >= 11 is 0. The van der Waals surface area contributed by atoms with Gasteiger partial charge < -0.3 is 19.4 Å². The Morgan fingerprint density at radius 3 is 3.00 bits per heavy atom. The SMILES string of the molecule is O=C(c1coc(CN2CCOCC2)c1)N1C[C@H]2CCCN[C@H]2C1. The highest BCUT2D eigenvalue weighted by Gasteiger charge is 2.36. The van der Waals surface area contributed by atoms with Crippen LogP contribution in [0.1, 0.15) is 29.0 Å². The lowest BCUT2D eigenvalue weighted by Gasteiger charge is -2.25. The van der Waals surface area contributed by atoms with Gasteiger partial charge in [0.25, 0.3) is 5.91 Å². The van der Waals surface area contributed by atoms with Gasteiger partial charge in [0.15, 0.2) is 0 Å². The van der Waals surface area contributed by atoms with Crippen molar-refractivity contribution in [1.82, 2.24) is 15.1 Å². The van der Waals surface area contributed by atoms with Crippen LogP contribution in [0.3, 0.4) is 0 Å². The van der Waals surface area contributed by atoms with Crippen LogP contribution in [-0.2, 0) is 11.3 Å². The van der Waals surface area contributed by atoms with Crippen LogP contribution < -0.4 is 5.32 Å². The number of rotatable bonds is 3. The van der Waals surface area contributed by atoms with E-state index in [1.807, 2.05) is 11.0 Å². The van der Waals surface area contributed by atoms with Gasteiger partial charge in [0.2, 0.25) is 0 Å². The second-order valence-electron chi connectivity index (χ2n) is 6.86. The smallest absolute Gasteiger partial charge is 0.257 e. The van der Waals surface area contributed by atoms with Crippen molar-refractivity contribution in [1.29, 1.82) is 0 Å². The van der Waals surface area contributed by atoms with Crippen LogP contribution in [0.2, 0.25) is 0 Å². The average Bonchev–Trinajstić information content (AvgIpc) is 3.21. The molecule has 0 aromatic carbocycles. The van der Waals surface area contributed by atoms with Crippen molar-refractivity contribution in [3.63, 3.8) is 0 Å². The Morgan fingerprint density at radius 2 is 2.17 bits per heavy atom. The number of carbonyl (C=O) groups excluding carboxylic acids is 1. The molecule has 3 aliphatic heterocycles. The maximum Gasteiger partial charge on any atom is 0.257 e. The fourth-order valence-electron chi connectivity index (χ4n) is 3.95. The third kappa shape index (κ3) is 3.29. The summed E-state index contributed by atoms with van der Waals surface area (Å²) in [6.45, 7) is 6.93. The summed E-state index contributed by atoms with van der Waals surface area (Å²) in [5.74, 6) is 1.59. The first kappa shape index (κ1) is 15.2. The number of morpholine rings is 1. The highest BCUT2D eigenvalue weighted by Crippen LogP contribution is 2.26. The number of likely N-dealkylation sites (tertiary alicyclic amines) is 1. The molecule has 23 heavy (non-hydrogen) atoms. The van der Waals surface area contributed by atoms with E-state index < -0.39 is 0 Å². The quantitative estimate of drug-likeness (QED) is 0.898. The van der Waals surface area contributed by atoms with E-state index in [2.05, 4.69) is 10.2 Å². The van der Waals surface area contributed by atoms with E-state index in [0.717, 1.165) is 58.2 Å². The summed E-state index contributed by atoms with van der Waals surface area (Å²) in [6, 6.07) is 2.39. The fraction of sp³-hybridized carbons (Fsp3) is 0.706. The monoisotopic (exact) mass is 319 g/mol. The van der Waals surface area contributed by atoms with E-state index in [9.17, 15) is 4.79 Å². The van der Waals surface area contributed by atoms with Gasteiger partial charge in [-0.1, -0.05) is 0 Å². The molecular formula is C17H25N3O3. The summed E-state index contributed by atoms with van der Waals surface area (Å²) < 4.78 is 11.0. The van der Waals surface area contributed by atoms with Gasteiger partial charge in [-0.3, -0.25) is 9.69 Å². The van der Waals surface area contributed by atoms with E-state index in [4.69, 9.17) is 9.15 Å². The number of furan rings is 1. The summed E-state index contributed by atoms with van der Waals surface area (Å²) in [7, 11) is 0. The van der Waals surface area contributed by atoms with E-state index >= 15 is 0 Å². The van der Waals surface area contributed by atoms with E-state index in [-0.39, 0.29) is 5.91 Å². The Bertz CT molecular complexity index is 539.